The van der Waals surface area contributed by atoms with Crippen molar-refractivity contribution in [1.82, 2.24) is 5.32 Å². The van der Waals surface area contributed by atoms with Crippen LogP contribution in [0.4, 0.5) is 5.69 Å². The number of amides is 2. The maximum absolute atomic E-state index is 12.5. The van der Waals surface area contributed by atoms with Gasteiger partial charge in [0, 0.05) is 17.6 Å². The lowest BCUT2D eigenvalue weighted by molar-refractivity contribution is -0.125. The quantitative estimate of drug-likeness (QED) is 0.684. The average Bonchev–Trinajstić information content (AvgIpc) is 3.46. The molecule has 1 saturated carbocycles. The third-order valence-electron chi connectivity index (χ3n) is 5.33. The van der Waals surface area contributed by atoms with Crippen LogP contribution < -0.4 is 15.4 Å². The summed E-state index contributed by atoms with van der Waals surface area (Å²) < 4.78 is 5.28. The van der Waals surface area contributed by atoms with Gasteiger partial charge in [0.05, 0.1) is 24.6 Å². The van der Waals surface area contributed by atoms with E-state index in [1.54, 1.807) is 12.1 Å². The van der Waals surface area contributed by atoms with Crippen molar-refractivity contribution in [3.05, 3.63) is 34.4 Å². The van der Waals surface area contributed by atoms with E-state index in [0.717, 1.165) is 24.8 Å². The number of nitrogens with one attached hydrogen (secondary N) is 2. The van der Waals surface area contributed by atoms with Crippen LogP contribution in [-0.2, 0) is 9.59 Å². The summed E-state index contributed by atoms with van der Waals surface area (Å²) in [5.41, 5.74) is 2.88. The fraction of sp³-hybridized carbons (Fsp3) is 0.524. The number of anilines is 1. The summed E-state index contributed by atoms with van der Waals surface area (Å²) in [6.07, 6.45) is 8.62. The second-order valence-electron chi connectivity index (χ2n) is 7.39. The van der Waals surface area contributed by atoms with Gasteiger partial charge in [-0.25, -0.2) is 0 Å². The molecule has 2 amide bonds. The maximum Gasteiger partial charge on any atom is 0.228 e. The lowest BCUT2D eigenvalue weighted by Crippen LogP contribution is -2.28. The molecular formula is C21H27ClN2O3. The molecule has 2 aliphatic carbocycles. The van der Waals surface area contributed by atoms with E-state index >= 15 is 0 Å². The largest absolute Gasteiger partial charge is 0.495 e. The molecule has 27 heavy (non-hydrogen) atoms. The van der Waals surface area contributed by atoms with Crippen LogP contribution in [0.5, 0.6) is 5.75 Å². The van der Waals surface area contributed by atoms with Crippen molar-refractivity contribution in [2.45, 2.75) is 45.4 Å². The van der Waals surface area contributed by atoms with Crippen LogP contribution in [0.3, 0.4) is 0 Å². The van der Waals surface area contributed by atoms with Crippen molar-refractivity contribution in [2.75, 3.05) is 19.0 Å². The molecule has 2 atom stereocenters. The third-order valence-corrected chi connectivity index (χ3v) is 5.74. The molecule has 2 unspecified atom stereocenters. The molecule has 1 aromatic carbocycles. The highest BCUT2D eigenvalue weighted by Crippen LogP contribution is 2.40. The fourth-order valence-electron chi connectivity index (χ4n) is 3.54. The number of rotatable bonds is 7. The zero-order valence-corrected chi connectivity index (χ0v) is 16.7. The molecule has 0 saturated heterocycles. The number of hydrogen-bond donors (Lipinski definition) is 2. The first-order valence-corrected chi connectivity index (χ1v) is 9.98. The molecule has 5 nitrogen and oxygen atoms in total. The van der Waals surface area contributed by atoms with Crippen LogP contribution in [0.2, 0.25) is 5.02 Å². The van der Waals surface area contributed by atoms with Gasteiger partial charge in [-0.3, -0.25) is 9.59 Å². The maximum atomic E-state index is 12.5. The van der Waals surface area contributed by atoms with Gasteiger partial charge < -0.3 is 15.4 Å². The summed E-state index contributed by atoms with van der Waals surface area (Å²) in [5.74, 6) is -0.165. The summed E-state index contributed by atoms with van der Waals surface area (Å²) in [6.45, 7) is 2.52. The minimum Gasteiger partial charge on any atom is -0.495 e. The highest BCUT2D eigenvalue weighted by Gasteiger charge is 2.48. The molecule has 2 aliphatic rings. The standard InChI is InChI=1S/C21H27ClN2O3/c1-13-10-18(19(27-2)12-17(13)22)24-21(26)16-11-15(16)20(25)23-9-8-14-6-4-3-5-7-14/h6,10,12,15-16H,3-5,7-9,11H2,1-2H3,(H,23,25)(H,24,26). The molecule has 0 radical (unpaired) electrons. The predicted octanol–water partition coefficient (Wildman–Crippen LogP) is 4.24. The normalized spacial score (nSPS) is 21.2. The second kappa shape index (κ2) is 8.79. The Morgan fingerprint density at radius 1 is 1.22 bits per heavy atom. The fourth-order valence-corrected chi connectivity index (χ4v) is 3.69. The number of halogens is 1. The Morgan fingerprint density at radius 2 is 2.00 bits per heavy atom. The molecule has 146 valence electrons. The first-order valence-electron chi connectivity index (χ1n) is 9.60. The van der Waals surface area contributed by atoms with Gasteiger partial charge in [-0.05, 0) is 57.1 Å². The molecule has 6 heteroatoms. The number of ether oxygens (including phenoxy) is 1. The minimum absolute atomic E-state index is 0.0224. The molecule has 0 aliphatic heterocycles. The Morgan fingerprint density at radius 3 is 2.70 bits per heavy atom. The van der Waals surface area contributed by atoms with Crippen molar-refractivity contribution in [3.8, 4) is 5.75 Å². The zero-order valence-electron chi connectivity index (χ0n) is 15.9. The van der Waals surface area contributed by atoms with E-state index in [1.807, 2.05) is 6.92 Å². The summed E-state index contributed by atoms with van der Waals surface area (Å²) in [6, 6.07) is 3.47. The second-order valence-corrected chi connectivity index (χ2v) is 7.80. The Kier molecular flexibility index (Phi) is 6.42. The molecule has 2 N–H and O–H groups in total. The van der Waals surface area contributed by atoms with E-state index in [0.29, 0.717) is 29.4 Å². The number of carbonyl (C=O) groups is 2. The van der Waals surface area contributed by atoms with E-state index < -0.39 is 0 Å². The van der Waals surface area contributed by atoms with Crippen molar-refractivity contribution in [3.63, 3.8) is 0 Å². The van der Waals surface area contributed by atoms with Crippen molar-refractivity contribution < 1.29 is 14.3 Å². The van der Waals surface area contributed by atoms with Gasteiger partial charge in [-0.1, -0.05) is 23.3 Å². The van der Waals surface area contributed by atoms with Crippen LogP contribution in [0.25, 0.3) is 0 Å². The van der Waals surface area contributed by atoms with Crippen LogP contribution in [0.15, 0.2) is 23.8 Å². The lowest BCUT2D eigenvalue weighted by Gasteiger charge is -2.13. The summed E-state index contributed by atoms with van der Waals surface area (Å²) >= 11 is 6.10. The molecule has 0 spiro atoms. The zero-order chi connectivity index (χ0) is 19.4. The van der Waals surface area contributed by atoms with Gasteiger partial charge in [0.25, 0.3) is 0 Å². The van der Waals surface area contributed by atoms with E-state index in [4.69, 9.17) is 16.3 Å². The summed E-state index contributed by atoms with van der Waals surface area (Å²) in [5, 5.41) is 6.44. The SMILES string of the molecule is COc1cc(Cl)c(C)cc1NC(=O)C1CC1C(=O)NCCC1=CCCCC1. The minimum atomic E-state index is -0.278. The van der Waals surface area contributed by atoms with Crippen molar-refractivity contribution in [2.24, 2.45) is 11.8 Å². The van der Waals surface area contributed by atoms with E-state index in [2.05, 4.69) is 16.7 Å². The summed E-state index contributed by atoms with van der Waals surface area (Å²) in [7, 11) is 1.53. The van der Waals surface area contributed by atoms with Gasteiger partial charge in [0.1, 0.15) is 5.75 Å². The Bertz CT molecular complexity index is 760. The predicted molar refractivity (Wildman–Crippen MR) is 107 cm³/mol. The summed E-state index contributed by atoms with van der Waals surface area (Å²) in [4.78, 5) is 24.8. The van der Waals surface area contributed by atoms with Gasteiger partial charge >= 0.3 is 0 Å². The molecule has 3 rings (SSSR count). The molecular weight excluding hydrogens is 364 g/mol. The Labute approximate surface area is 165 Å². The highest BCUT2D eigenvalue weighted by atomic mass is 35.5. The highest BCUT2D eigenvalue weighted by molar-refractivity contribution is 6.31. The van der Waals surface area contributed by atoms with Crippen LogP contribution in [0, 0.1) is 18.8 Å². The molecule has 1 fully saturated rings. The third kappa shape index (κ3) is 5.04. The van der Waals surface area contributed by atoms with E-state index in [-0.39, 0.29) is 23.7 Å². The topological polar surface area (TPSA) is 67.4 Å². The van der Waals surface area contributed by atoms with E-state index in [1.165, 1.54) is 25.5 Å². The van der Waals surface area contributed by atoms with Crippen LogP contribution in [-0.4, -0.2) is 25.5 Å². The van der Waals surface area contributed by atoms with E-state index in [9.17, 15) is 9.59 Å². The average molecular weight is 391 g/mol. The van der Waals surface area contributed by atoms with Crippen LogP contribution in [0.1, 0.15) is 44.1 Å². The lowest BCUT2D eigenvalue weighted by atomic mass is 9.97. The number of benzene rings is 1. The number of carbonyl (C=O) groups excluding carboxylic acids is 2. The monoisotopic (exact) mass is 390 g/mol. The van der Waals surface area contributed by atoms with Gasteiger partial charge in [0.15, 0.2) is 0 Å². The van der Waals surface area contributed by atoms with Crippen molar-refractivity contribution >= 4 is 29.1 Å². The number of hydrogen-bond acceptors (Lipinski definition) is 3. The van der Waals surface area contributed by atoms with Crippen molar-refractivity contribution in [1.29, 1.82) is 0 Å². The van der Waals surface area contributed by atoms with Crippen LogP contribution >= 0.6 is 11.6 Å². The first kappa shape index (κ1) is 19.7. The Balaban J connectivity index is 1.48. The number of aryl methyl sites for hydroxylation is 1. The first-order chi connectivity index (χ1) is 13.0. The van der Waals surface area contributed by atoms with Gasteiger partial charge in [-0.15, -0.1) is 0 Å². The molecule has 0 heterocycles. The van der Waals surface area contributed by atoms with Gasteiger partial charge in [-0.2, -0.15) is 0 Å². The number of allylic oxidation sites excluding steroid dienone is 1. The smallest absolute Gasteiger partial charge is 0.228 e. The van der Waals surface area contributed by atoms with Gasteiger partial charge in [0.2, 0.25) is 11.8 Å². The molecule has 1 aromatic rings. The Hall–Kier alpha value is -2.01. The molecule has 0 aromatic heterocycles. The molecule has 0 bridgehead atoms. The number of methoxy groups -OCH3 is 1.